The number of nitrogens with zero attached hydrogens (tertiary/aromatic N) is 3. The molecule has 2 heterocycles. The van der Waals surface area contributed by atoms with Crippen molar-refractivity contribution in [1.82, 2.24) is 15.2 Å². The van der Waals surface area contributed by atoms with E-state index in [9.17, 15) is 0 Å². The summed E-state index contributed by atoms with van der Waals surface area (Å²) in [6.45, 7) is 14.1. The standard InChI is InChI=1S/C17H30N4/c1-6-7-18-11-15-10-14(2)16(19-12-15)21-9-8-20(5)17(3,4)13-21/h10,12,18H,6-9,11,13H2,1-5H3. The Labute approximate surface area is 129 Å². The van der Waals surface area contributed by atoms with Crippen LogP contribution >= 0.6 is 0 Å². The third kappa shape index (κ3) is 3.95. The third-order valence-electron chi connectivity index (χ3n) is 4.48. The smallest absolute Gasteiger partial charge is 0.131 e. The van der Waals surface area contributed by atoms with Gasteiger partial charge in [-0.25, -0.2) is 4.98 Å². The fraction of sp³-hybridized carbons (Fsp3) is 0.706. The summed E-state index contributed by atoms with van der Waals surface area (Å²) in [6.07, 6.45) is 3.19. The molecule has 1 fully saturated rings. The Morgan fingerprint density at radius 3 is 2.71 bits per heavy atom. The lowest BCUT2D eigenvalue weighted by Gasteiger charge is -2.46. The molecule has 0 spiro atoms. The van der Waals surface area contributed by atoms with E-state index in [4.69, 9.17) is 4.98 Å². The van der Waals surface area contributed by atoms with Crippen molar-refractivity contribution in [2.24, 2.45) is 0 Å². The van der Waals surface area contributed by atoms with Gasteiger partial charge in [0.05, 0.1) is 0 Å². The highest BCUT2D eigenvalue weighted by molar-refractivity contribution is 5.48. The first-order chi connectivity index (χ1) is 9.94. The van der Waals surface area contributed by atoms with Crippen molar-refractivity contribution in [2.45, 2.75) is 46.2 Å². The lowest BCUT2D eigenvalue weighted by molar-refractivity contribution is 0.138. The molecule has 1 aliphatic heterocycles. The molecule has 0 aliphatic carbocycles. The van der Waals surface area contributed by atoms with E-state index in [2.05, 4.69) is 55.9 Å². The van der Waals surface area contributed by atoms with Crippen LogP contribution in [0.5, 0.6) is 0 Å². The van der Waals surface area contributed by atoms with Crippen LogP contribution in [-0.2, 0) is 6.54 Å². The van der Waals surface area contributed by atoms with Crippen LogP contribution in [0.1, 0.15) is 38.3 Å². The number of anilines is 1. The summed E-state index contributed by atoms with van der Waals surface area (Å²) in [5, 5.41) is 3.44. The Bertz CT molecular complexity index is 470. The van der Waals surface area contributed by atoms with Crippen LogP contribution in [0.4, 0.5) is 5.82 Å². The molecule has 1 aliphatic rings. The molecule has 0 radical (unpaired) electrons. The minimum Gasteiger partial charge on any atom is -0.353 e. The van der Waals surface area contributed by atoms with Gasteiger partial charge in [-0.2, -0.15) is 0 Å². The number of piperazine rings is 1. The van der Waals surface area contributed by atoms with E-state index >= 15 is 0 Å². The molecule has 118 valence electrons. The number of aryl methyl sites for hydroxylation is 1. The molecule has 0 amide bonds. The Kier molecular flexibility index (Phi) is 5.22. The van der Waals surface area contributed by atoms with Crippen molar-refractivity contribution >= 4 is 5.82 Å². The molecule has 0 atom stereocenters. The molecule has 0 saturated carbocycles. The fourth-order valence-electron chi connectivity index (χ4n) is 2.88. The van der Waals surface area contributed by atoms with Gasteiger partial charge in [0.2, 0.25) is 0 Å². The topological polar surface area (TPSA) is 31.4 Å². The highest BCUT2D eigenvalue weighted by atomic mass is 15.3. The number of likely N-dealkylation sites (N-methyl/N-ethyl adjacent to an activating group) is 1. The van der Waals surface area contributed by atoms with Crippen molar-refractivity contribution in [3.63, 3.8) is 0 Å². The first-order valence-electron chi connectivity index (χ1n) is 8.06. The number of hydrogen-bond donors (Lipinski definition) is 1. The molecule has 2 rings (SSSR count). The Hall–Kier alpha value is -1.13. The maximum absolute atomic E-state index is 4.74. The van der Waals surface area contributed by atoms with E-state index in [0.29, 0.717) is 0 Å². The summed E-state index contributed by atoms with van der Waals surface area (Å²) in [5.74, 6) is 1.15. The fourth-order valence-corrected chi connectivity index (χ4v) is 2.88. The highest BCUT2D eigenvalue weighted by Crippen LogP contribution is 2.25. The van der Waals surface area contributed by atoms with Gasteiger partial charge in [0.15, 0.2) is 0 Å². The van der Waals surface area contributed by atoms with Crippen molar-refractivity contribution < 1.29 is 0 Å². The largest absolute Gasteiger partial charge is 0.353 e. The molecular formula is C17H30N4. The normalized spacial score (nSPS) is 19.0. The lowest BCUT2D eigenvalue weighted by atomic mass is 9.99. The van der Waals surface area contributed by atoms with Crippen molar-refractivity contribution in [1.29, 1.82) is 0 Å². The van der Waals surface area contributed by atoms with Crippen LogP contribution in [0.15, 0.2) is 12.3 Å². The Balaban J connectivity index is 2.07. The van der Waals surface area contributed by atoms with E-state index in [1.54, 1.807) is 0 Å². The van der Waals surface area contributed by atoms with Gasteiger partial charge in [-0.3, -0.25) is 4.90 Å². The van der Waals surface area contributed by atoms with Gasteiger partial charge in [-0.05, 0) is 58.0 Å². The first-order valence-corrected chi connectivity index (χ1v) is 8.06. The molecule has 0 unspecified atom stereocenters. The van der Waals surface area contributed by atoms with Gasteiger partial charge >= 0.3 is 0 Å². The Morgan fingerprint density at radius 2 is 2.10 bits per heavy atom. The van der Waals surface area contributed by atoms with Crippen molar-refractivity contribution in [3.8, 4) is 0 Å². The van der Waals surface area contributed by atoms with Crippen molar-refractivity contribution in [2.75, 3.05) is 38.1 Å². The maximum atomic E-state index is 4.74. The number of hydrogen-bond acceptors (Lipinski definition) is 4. The first kappa shape index (κ1) is 16.2. The minimum atomic E-state index is 0.202. The van der Waals surface area contributed by atoms with Crippen LogP contribution in [0.25, 0.3) is 0 Å². The molecule has 0 aromatic carbocycles. The highest BCUT2D eigenvalue weighted by Gasteiger charge is 2.31. The number of aromatic nitrogens is 1. The van der Waals surface area contributed by atoms with E-state index in [-0.39, 0.29) is 5.54 Å². The molecule has 4 nitrogen and oxygen atoms in total. The molecule has 1 aromatic heterocycles. The molecule has 1 aromatic rings. The molecule has 1 saturated heterocycles. The number of nitrogens with one attached hydrogen (secondary N) is 1. The summed E-state index contributed by atoms with van der Waals surface area (Å²) >= 11 is 0. The number of rotatable bonds is 5. The minimum absolute atomic E-state index is 0.202. The summed E-state index contributed by atoms with van der Waals surface area (Å²) in [5.41, 5.74) is 2.76. The maximum Gasteiger partial charge on any atom is 0.131 e. The molecular weight excluding hydrogens is 260 g/mol. The number of pyridine rings is 1. The molecule has 0 bridgehead atoms. The van der Waals surface area contributed by atoms with Crippen LogP contribution < -0.4 is 10.2 Å². The van der Waals surface area contributed by atoms with E-state index in [0.717, 1.165) is 38.5 Å². The monoisotopic (exact) mass is 290 g/mol. The van der Waals surface area contributed by atoms with Gasteiger partial charge < -0.3 is 10.2 Å². The van der Waals surface area contributed by atoms with Gasteiger partial charge in [0.1, 0.15) is 5.82 Å². The summed E-state index contributed by atoms with van der Waals surface area (Å²) in [7, 11) is 2.21. The second-order valence-electron chi connectivity index (χ2n) is 6.82. The Morgan fingerprint density at radius 1 is 1.33 bits per heavy atom. The zero-order valence-corrected chi connectivity index (χ0v) is 14.2. The predicted molar refractivity (Wildman–Crippen MR) is 89.9 cm³/mol. The summed E-state index contributed by atoms with van der Waals surface area (Å²) < 4.78 is 0. The van der Waals surface area contributed by atoms with Gasteiger partial charge in [-0.15, -0.1) is 0 Å². The SMILES string of the molecule is CCCNCc1cnc(N2CCN(C)C(C)(C)C2)c(C)c1. The zero-order valence-electron chi connectivity index (χ0n) is 14.2. The third-order valence-corrected chi connectivity index (χ3v) is 4.48. The van der Waals surface area contributed by atoms with E-state index in [1.165, 1.54) is 17.5 Å². The second-order valence-corrected chi connectivity index (χ2v) is 6.82. The van der Waals surface area contributed by atoms with Crippen LogP contribution in [0, 0.1) is 6.92 Å². The van der Waals surface area contributed by atoms with E-state index in [1.807, 2.05) is 6.20 Å². The molecule has 4 heteroatoms. The van der Waals surface area contributed by atoms with Crippen LogP contribution in [0.3, 0.4) is 0 Å². The van der Waals surface area contributed by atoms with Gasteiger partial charge in [0.25, 0.3) is 0 Å². The summed E-state index contributed by atoms with van der Waals surface area (Å²) in [6, 6.07) is 2.27. The van der Waals surface area contributed by atoms with Gasteiger partial charge in [0, 0.05) is 37.9 Å². The van der Waals surface area contributed by atoms with E-state index < -0.39 is 0 Å². The predicted octanol–water partition coefficient (Wildman–Crippen LogP) is 2.42. The summed E-state index contributed by atoms with van der Waals surface area (Å²) in [4.78, 5) is 9.60. The molecule has 1 N–H and O–H groups in total. The second kappa shape index (κ2) is 6.75. The lowest BCUT2D eigenvalue weighted by Crippen LogP contribution is -2.58. The van der Waals surface area contributed by atoms with Crippen molar-refractivity contribution in [3.05, 3.63) is 23.4 Å². The van der Waals surface area contributed by atoms with Gasteiger partial charge in [-0.1, -0.05) is 6.92 Å². The quantitative estimate of drug-likeness (QED) is 0.844. The zero-order chi connectivity index (χ0) is 15.5. The van der Waals surface area contributed by atoms with Crippen LogP contribution in [-0.4, -0.2) is 48.6 Å². The average Bonchev–Trinajstić information content (AvgIpc) is 2.42. The average molecular weight is 290 g/mol. The molecule has 21 heavy (non-hydrogen) atoms. The van der Waals surface area contributed by atoms with Crippen LogP contribution in [0.2, 0.25) is 0 Å².